The van der Waals surface area contributed by atoms with Crippen LogP contribution in [-0.2, 0) is 4.79 Å². The molecule has 0 radical (unpaired) electrons. The number of carbonyl (C=O) groups excluding carboxylic acids is 1. The first-order valence-corrected chi connectivity index (χ1v) is 5.40. The fourth-order valence-electron chi connectivity index (χ4n) is 1.66. The first kappa shape index (κ1) is 12.3. The van der Waals surface area contributed by atoms with Crippen molar-refractivity contribution in [2.75, 3.05) is 0 Å². The molecule has 4 nitrogen and oxygen atoms in total. The van der Waals surface area contributed by atoms with Crippen molar-refractivity contribution in [1.82, 2.24) is 0 Å². The van der Waals surface area contributed by atoms with E-state index in [4.69, 9.17) is 4.42 Å². The average Bonchev–Trinajstić information content (AvgIpc) is 2.37. The van der Waals surface area contributed by atoms with E-state index in [1.54, 1.807) is 24.3 Å². The van der Waals surface area contributed by atoms with E-state index >= 15 is 0 Å². The molecule has 0 aliphatic heterocycles. The first-order chi connectivity index (χ1) is 8.52. The minimum atomic E-state index is -1.33. The number of benzene rings is 1. The van der Waals surface area contributed by atoms with Crippen molar-refractivity contribution in [3.05, 3.63) is 58.5 Å². The van der Waals surface area contributed by atoms with Gasteiger partial charge in [-0.1, -0.05) is 18.7 Å². The van der Waals surface area contributed by atoms with E-state index in [2.05, 4.69) is 6.58 Å². The smallest absolute Gasteiger partial charge is 0.198 e. The van der Waals surface area contributed by atoms with E-state index in [9.17, 15) is 14.7 Å². The second kappa shape index (κ2) is 4.58. The molecular weight excluding hydrogens is 232 g/mol. The Hall–Kier alpha value is -2.20. The Morgan fingerprint density at radius 2 is 2.06 bits per heavy atom. The van der Waals surface area contributed by atoms with Gasteiger partial charge in [-0.2, -0.15) is 0 Å². The maximum Gasteiger partial charge on any atom is 0.198 e. The summed E-state index contributed by atoms with van der Waals surface area (Å²) in [4.78, 5) is 23.3. The Labute approximate surface area is 103 Å². The van der Waals surface area contributed by atoms with Crippen LogP contribution in [0, 0.1) is 0 Å². The highest BCUT2D eigenvalue weighted by Crippen LogP contribution is 2.20. The van der Waals surface area contributed by atoms with E-state index in [0.717, 1.165) is 0 Å². The van der Waals surface area contributed by atoms with E-state index in [0.29, 0.717) is 11.0 Å². The van der Waals surface area contributed by atoms with Crippen LogP contribution in [0.25, 0.3) is 11.0 Å². The van der Waals surface area contributed by atoms with Gasteiger partial charge in [-0.15, -0.1) is 0 Å². The number of hydrogen-bond acceptors (Lipinski definition) is 4. The number of hydrogen-bond donors (Lipinski definition) is 1. The molecule has 0 aliphatic carbocycles. The van der Waals surface area contributed by atoms with Crippen LogP contribution in [0.1, 0.15) is 18.6 Å². The summed E-state index contributed by atoms with van der Waals surface area (Å²) in [5.41, 5.74) is 0.0742. The summed E-state index contributed by atoms with van der Waals surface area (Å²) in [6.45, 7) is 4.76. The van der Waals surface area contributed by atoms with Crippen LogP contribution in [0.15, 0.2) is 51.9 Å². The van der Waals surface area contributed by atoms with Gasteiger partial charge in [-0.05, 0) is 19.1 Å². The maximum absolute atomic E-state index is 12.1. The van der Waals surface area contributed by atoms with Gasteiger partial charge in [0.1, 0.15) is 18.0 Å². The molecule has 1 heterocycles. The summed E-state index contributed by atoms with van der Waals surface area (Å²) in [7, 11) is 0. The van der Waals surface area contributed by atoms with Gasteiger partial charge in [0.15, 0.2) is 11.2 Å². The molecule has 0 saturated carbocycles. The minimum Gasteiger partial charge on any atom is -0.464 e. The molecule has 1 aromatic heterocycles. The van der Waals surface area contributed by atoms with Gasteiger partial charge >= 0.3 is 0 Å². The fraction of sp³-hybridized carbons (Fsp3) is 0.143. The number of aliphatic hydroxyl groups is 1. The highest BCUT2D eigenvalue weighted by molar-refractivity contribution is 5.93. The third kappa shape index (κ3) is 1.98. The van der Waals surface area contributed by atoms with E-state index < -0.39 is 6.10 Å². The number of rotatable bonds is 3. The van der Waals surface area contributed by atoms with Gasteiger partial charge in [0, 0.05) is 5.57 Å². The maximum atomic E-state index is 12.1. The Kier molecular flexibility index (Phi) is 3.12. The molecule has 0 amide bonds. The molecule has 2 rings (SSSR count). The lowest BCUT2D eigenvalue weighted by Gasteiger charge is -2.10. The summed E-state index contributed by atoms with van der Waals surface area (Å²) in [6.07, 6.45) is -0.160. The monoisotopic (exact) mass is 244 g/mol. The Morgan fingerprint density at radius 3 is 2.72 bits per heavy atom. The predicted octanol–water partition coefficient (Wildman–Crippen LogP) is 1.97. The third-order valence-corrected chi connectivity index (χ3v) is 2.78. The quantitative estimate of drug-likeness (QED) is 0.838. The lowest BCUT2D eigenvalue weighted by atomic mass is 10.0. The Morgan fingerprint density at radius 1 is 1.39 bits per heavy atom. The SMILES string of the molecule is C=C(C(C)=O)C(O)c1coc2ccccc2c1=O. The zero-order chi connectivity index (χ0) is 13.3. The summed E-state index contributed by atoms with van der Waals surface area (Å²) in [5, 5.41) is 10.3. The fourth-order valence-corrected chi connectivity index (χ4v) is 1.66. The molecule has 92 valence electrons. The normalized spacial score (nSPS) is 12.3. The third-order valence-electron chi connectivity index (χ3n) is 2.78. The number of aliphatic hydroxyl groups excluding tert-OH is 1. The number of ketones is 1. The summed E-state index contributed by atoms with van der Waals surface area (Å²) >= 11 is 0. The van der Waals surface area contributed by atoms with Crippen LogP contribution in [0.5, 0.6) is 0 Å². The zero-order valence-electron chi connectivity index (χ0n) is 9.84. The number of para-hydroxylation sites is 1. The van der Waals surface area contributed by atoms with Crippen LogP contribution >= 0.6 is 0 Å². The molecule has 1 N–H and O–H groups in total. The van der Waals surface area contributed by atoms with Crippen molar-refractivity contribution in [2.45, 2.75) is 13.0 Å². The Balaban J connectivity index is 2.60. The molecule has 1 unspecified atom stereocenters. The van der Waals surface area contributed by atoms with Crippen molar-refractivity contribution in [3.8, 4) is 0 Å². The highest BCUT2D eigenvalue weighted by Gasteiger charge is 2.20. The molecule has 18 heavy (non-hydrogen) atoms. The Bertz CT molecular complexity index is 681. The molecule has 4 heteroatoms. The van der Waals surface area contributed by atoms with E-state index in [1.807, 2.05) is 0 Å². The van der Waals surface area contributed by atoms with Crippen molar-refractivity contribution in [3.63, 3.8) is 0 Å². The van der Waals surface area contributed by atoms with Gasteiger partial charge < -0.3 is 9.52 Å². The minimum absolute atomic E-state index is 0.0221. The molecule has 0 spiro atoms. The van der Waals surface area contributed by atoms with Crippen LogP contribution in [0.3, 0.4) is 0 Å². The molecule has 2 aromatic rings. The van der Waals surface area contributed by atoms with Crippen molar-refractivity contribution < 1.29 is 14.3 Å². The van der Waals surface area contributed by atoms with Crippen LogP contribution in [0.2, 0.25) is 0 Å². The zero-order valence-corrected chi connectivity index (χ0v) is 9.84. The predicted molar refractivity (Wildman–Crippen MR) is 67.3 cm³/mol. The lowest BCUT2D eigenvalue weighted by Crippen LogP contribution is -2.17. The van der Waals surface area contributed by atoms with Gasteiger partial charge in [-0.3, -0.25) is 9.59 Å². The van der Waals surface area contributed by atoms with Crippen molar-refractivity contribution >= 4 is 16.8 Å². The number of fused-ring (bicyclic) bond motifs is 1. The topological polar surface area (TPSA) is 67.5 Å². The second-order valence-corrected chi connectivity index (χ2v) is 4.00. The van der Waals surface area contributed by atoms with Crippen LogP contribution in [0.4, 0.5) is 0 Å². The molecule has 0 fully saturated rings. The van der Waals surface area contributed by atoms with Crippen LogP contribution in [-0.4, -0.2) is 10.9 Å². The summed E-state index contributed by atoms with van der Waals surface area (Å²) in [5.74, 6) is -0.366. The molecule has 1 atom stereocenters. The second-order valence-electron chi connectivity index (χ2n) is 4.00. The van der Waals surface area contributed by atoms with Gasteiger partial charge in [-0.25, -0.2) is 0 Å². The highest BCUT2D eigenvalue weighted by atomic mass is 16.3. The molecule has 0 aliphatic rings. The standard InChI is InChI=1S/C14H12O4/c1-8(9(2)15)13(16)11-7-18-12-6-4-3-5-10(12)14(11)17/h3-7,13,16H,1H2,2H3. The van der Waals surface area contributed by atoms with Gasteiger partial charge in [0.2, 0.25) is 0 Å². The number of carbonyl (C=O) groups is 1. The summed E-state index contributed by atoms with van der Waals surface area (Å²) in [6, 6.07) is 6.71. The van der Waals surface area contributed by atoms with Crippen LogP contribution < -0.4 is 5.43 Å². The number of Topliss-reactive ketones (excluding diaryl/α,β-unsaturated/α-hetero) is 1. The molecule has 0 bridgehead atoms. The average molecular weight is 244 g/mol. The van der Waals surface area contributed by atoms with Gasteiger partial charge in [0.05, 0.1) is 10.9 Å². The van der Waals surface area contributed by atoms with E-state index in [1.165, 1.54) is 13.2 Å². The first-order valence-electron chi connectivity index (χ1n) is 5.40. The largest absolute Gasteiger partial charge is 0.464 e. The van der Waals surface area contributed by atoms with Crippen molar-refractivity contribution in [1.29, 1.82) is 0 Å². The lowest BCUT2D eigenvalue weighted by molar-refractivity contribution is -0.114. The van der Waals surface area contributed by atoms with Crippen molar-refractivity contribution in [2.24, 2.45) is 0 Å². The van der Waals surface area contributed by atoms with Gasteiger partial charge in [0.25, 0.3) is 0 Å². The molecular formula is C14H12O4. The molecule has 0 saturated heterocycles. The van der Waals surface area contributed by atoms with E-state index in [-0.39, 0.29) is 22.3 Å². The molecule has 1 aromatic carbocycles. The summed E-state index contributed by atoms with van der Waals surface area (Å²) < 4.78 is 5.26.